The van der Waals surface area contributed by atoms with Crippen molar-refractivity contribution in [1.82, 2.24) is 13.6 Å². The van der Waals surface area contributed by atoms with Crippen LogP contribution in [-0.4, -0.2) is 37.8 Å². The number of aromatic hydroxyl groups is 1. The first-order valence-corrected chi connectivity index (χ1v) is 11.6. The largest absolute Gasteiger partial charge is 0.505 e. The molecule has 0 spiro atoms. The smallest absolute Gasteiger partial charge is 0.257 e. The molecule has 1 saturated heterocycles. The summed E-state index contributed by atoms with van der Waals surface area (Å²) in [4.78, 5) is 14.6. The van der Waals surface area contributed by atoms with E-state index in [2.05, 4.69) is 33.2 Å². The molecule has 1 atom stereocenters. The van der Waals surface area contributed by atoms with Crippen LogP contribution in [0, 0.1) is 19.8 Å². The average molecular weight is 456 g/mol. The minimum Gasteiger partial charge on any atom is -0.505 e. The van der Waals surface area contributed by atoms with E-state index in [1.807, 2.05) is 19.9 Å². The van der Waals surface area contributed by atoms with E-state index in [0.717, 1.165) is 54.7 Å². The van der Waals surface area contributed by atoms with Crippen LogP contribution in [0.4, 0.5) is 17.3 Å². The van der Waals surface area contributed by atoms with Gasteiger partial charge >= 0.3 is 0 Å². The molecule has 2 aromatic heterocycles. The third-order valence-corrected chi connectivity index (χ3v) is 6.38. The second kappa shape index (κ2) is 9.20. The molecule has 1 aliphatic rings. The topological polar surface area (TPSA) is 104 Å². The maximum atomic E-state index is 12.8. The van der Waals surface area contributed by atoms with Gasteiger partial charge in [0.25, 0.3) is 5.91 Å². The third-order valence-electron chi connectivity index (χ3n) is 5.85. The lowest BCUT2D eigenvalue weighted by Gasteiger charge is -2.21. The van der Waals surface area contributed by atoms with E-state index in [9.17, 15) is 9.90 Å². The Morgan fingerprint density at radius 3 is 2.56 bits per heavy atom. The standard InChI is InChI=1S/C23H29N5O3S/c1-13(2)19(18-12-14(3)15(4)31-18)25-22-21(26-32-27-22)24-17-9-7-8-16(20(17)29)23(30)28-10-5-6-11-28/h7-9,12-13,19,29H,5-6,10-11H2,1-4H3,(H,24,26)(H,25,27)/t19-/m1/s1. The van der Waals surface area contributed by atoms with Gasteiger partial charge in [0.1, 0.15) is 11.5 Å². The second-order valence-electron chi connectivity index (χ2n) is 8.54. The molecular formula is C23H29N5O3S. The number of amides is 1. The molecule has 8 nitrogen and oxygen atoms in total. The first-order valence-electron chi connectivity index (χ1n) is 10.9. The van der Waals surface area contributed by atoms with Crippen LogP contribution in [0.3, 0.4) is 0 Å². The Kier molecular flexibility index (Phi) is 6.36. The van der Waals surface area contributed by atoms with Crippen molar-refractivity contribution in [2.45, 2.75) is 46.6 Å². The Morgan fingerprint density at radius 1 is 1.19 bits per heavy atom. The van der Waals surface area contributed by atoms with Gasteiger partial charge in [0.2, 0.25) is 0 Å². The number of para-hydroxylation sites is 1. The number of aryl methyl sites for hydroxylation is 2. The summed E-state index contributed by atoms with van der Waals surface area (Å²) in [7, 11) is 0. The van der Waals surface area contributed by atoms with Gasteiger partial charge in [0, 0.05) is 13.1 Å². The number of benzene rings is 1. The summed E-state index contributed by atoms with van der Waals surface area (Å²) in [5, 5.41) is 17.4. The highest BCUT2D eigenvalue weighted by Crippen LogP contribution is 2.36. The van der Waals surface area contributed by atoms with Crippen LogP contribution in [0.25, 0.3) is 0 Å². The molecule has 3 heterocycles. The average Bonchev–Trinajstić information content (AvgIpc) is 3.50. The normalized spacial score (nSPS) is 14.7. The fourth-order valence-corrected chi connectivity index (χ4v) is 4.34. The fraction of sp³-hybridized carbons (Fsp3) is 0.435. The molecule has 1 aliphatic heterocycles. The van der Waals surface area contributed by atoms with E-state index in [-0.39, 0.29) is 29.2 Å². The van der Waals surface area contributed by atoms with E-state index in [4.69, 9.17) is 4.42 Å². The Hall–Kier alpha value is -3.07. The minimum atomic E-state index is -0.151. The van der Waals surface area contributed by atoms with E-state index < -0.39 is 0 Å². The molecule has 0 saturated carbocycles. The Balaban J connectivity index is 1.56. The first kappa shape index (κ1) is 22.1. The zero-order chi connectivity index (χ0) is 22.8. The molecule has 32 heavy (non-hydrogen) atoms. The molecule has 0 radical (unpaired) electrons. The lowest BCUT2D eigenvalue weighted by Crippen LogP contribution is -2.27. The van der Waals surface area contributed by atoms with Crippen molar-refractivity contribution in [3.05, 3.63) is 46.9 Å². The molecule has 1 aromatic carbocycles. The zero-order valence-electron chi connectivity index (χ0n) is 18.8. The molecule has 3 N–H and O–H groups in total. The monoisotopic (exact) mass is 455 g/mol. The second-order valence-corrected chi connectivity index (χ2v) is 9.07. The van der Waals surface area contributed by atoms with Gasteiger partial charge in [-0.15, -0.1) is 0 Å². The van der Waals surface area contributed by atoms with Gasteiger partial charge in [-0.1, -0.05) is 19.9 Å². The van der Waals surface area contributed by atoms with Crippen molar-refractivity contribution in [2.24, 2.45) is 5.92 Å². The Labute approximate surface area is 192 Å². The summed E-state index contributed by atoms with van der Waals surface area (Å²) in [6.45, 7) is 9.64. The van der Waals surface area contributed by atoms with Crippen LogP contribution in [0.15, 0.2) is 28.7 Å². The zero-order valence-corrected chi connectivity index (χ0v) is 19.6. The summed E-state index contributed by atoms with van der Waals surface area (Å²) in [5.74, 6) is 2.80. The van der Waals surface area contributed by atoms with Gasteiger partial charge < -0.3 is 25.1 Å². The molecule has 0 aliphatic carbocycles. The molecular weight excluding hydrogens is 426 g/mol. The first-order chi connectivity index (χ1) is 15.3. The van der Waals surface area contributed by atoms with Crippen LogP contribution < -0.4 is 10.6 Å². The van der Waals surface area contributed by atoms with Gasteiger partial charge in [-0.3, -0.25) is 4.79 Å². The molecule has 9 heteroatoms. The molecule has 170 valence electrons. The number of phenolic OH excluding ortho intramolecular Hbond substituents is 1. The van der Waals surface area contributed by atoms with Crippen LogP contribution in [0.2, 0.25) is 0 Å². The van der Waals surface area contributed by atoms with Gasteiger partial charge in [-0.05, 0) is 56.4 Å². The maximum Gasteiger partial charge on any atom is 0.257 e. The van der Waals surface area contributed by atoms with Crippen molar-refractivity contribution in [3.63, 3.8) is 0 Å². The SMILES string of the molecule is Cc1cc([C@H](Nc2nsnc2Nc2cccc(C(=O)N3CCCC3)c2O)C(C)C)oc1C. The number of phenols is 1. The van der Waals surface area contributed by atoms with Gasteiger partial charge in [-0.25, -0.2) is 0 Å². The highest BCUT2D eigenvalue weighted by Gasteiger charge is 2.25. The minimum absolute atomic E-state index is 0.0824. The Bertz CT molecular complexity index is 1080. The molecule has 1 fully saturated rings. The van der Waals surface area contributed by atoms with Crippen molar-refractivity contribution >= 4 is 35.0 Å². The number of furan rings is 1. The van der Waals surface area contributed by atoms with Crippen molar-refractivity contribution in [2.75, 3.05) is 23.7 Å². The van der Waals surface area contributed by atoms with Crippen LogP contribution in [0.5, 0.6) is 5.75 Å². The molecule has 0 bridgehead atoms. The van der Waals surface area contributed by atoms with E-state index in [0.29, 0.717) is 17.3 Å². The molecule has 3 aromatic rings. The van der Waals surface area contributed by atoms with E-state index in [1.54, 1.807) is 23.1 Å². The predicted octanol–water partition coefficient (Wildman–Crippen LogP) is 5.24. The maximum absolute atomic E-state index is 12.8. The number of rotatable bonds is 7. The Morgan fingerprint density at radius 2 is 1.91 bits per heavy atom. The number of anilines is 3. The molecule has 1 amide bonds. The van der Waals surface area contributed by atoms with Crippen molar-refractivity contribution in [3.8, 4) is 5.75 Å². The van der Waals surface area contributed by atoms with Crippen LogP contribution >= 0.6 is 11.7 Å². The van der Waals surface area contributed by atoms with Crippen molar-refractivity contribution < 1.29 is 14.3 Å². The van der Waals surface area contributed by atoms with Crippen molar-refractivity contribution in [1.29, 1.82) is 0 Å². The van der Waals surface area contributed by atoms with E-state index >= 15 is 0 Å². The highest BCUT2D eigenvalue weighted by atomic mass is 32.1. The number of likely N-dealkylation sites (tertiary alicyclic amines) is 1. The predicted molar refractivity (Wildman–Crippen MR) is 126 cm³/mol. The summed E-state index contributed by atoms with van der Waals surface area (Å²) in [6.07, 6.45) is 1.99. The number of aromatic nitrogens is 2. The summed E-state index contributed by atoms with van der Waals surface area (Å²) in [6, 6.07) is 7.07. The number of hydrogen-bond donors (Lipinski definition) is 3. The fourth-order valence-electron chi connectivity index (χ4n) is 3.87. The van der Waals surface area contributed by atoms with E-state index in [1.165, 1.54) is 0 Å². The quantitative estimate of drug-likeness (QED) is 0.418. The van der Waals surface area contributed by atoms with Gasteiger partial charge in [-0.2, -0.15) is 8.75 Å². The number of nitrogens with zero attached hydrogens (tertiary/aromatic N) is 3. The lowest BCUT2D eigenvalue weighted by atomic mass is 10.0. The molecule has 4 rings (SSSR count). The van der Waals surface area contributed by atoms with Crippen LogP contribution in [-0.2, 0) is 0 Å². The number of hydrogen-bond acceptors (Lipinski definition) is 8. The summed E-state index contributed by atoms with van der Waals surface area (Å²) < 4.78 is 14.7. The highest BCUT2D eigenvalue weighted by molar-refractivity contribution is 6.99. The van der Waals surface area contributed by atoms with Gasteiger partial charge in [0.05, 0.1) is 29.0 Å². The summed E-state index contributed by atoms with van der Waals surface area (Å²) >= 11 is 1.07. The number of carbonyl (C=O) groups is 1. The molecule has 0 unspecified atom stereocenters. The summed E-state index contributed by atoms with van der Waals surface area (Å²) in [5.41, 5.74) is 1.80. The number of nitrogens with one attached hydrogen (secondary N) is 2. The number of carbonyl (C=O) groups excluding carboxylic acids is 1. The third kappa shape index (κ3) is 4.43. The van der Waals surface area contributed by atoms with Crippen LogP contribution in [0.1, 0.15) is 60.2 Å². The van der Waals surface area contributed by atoms with Gasteiger partial charge in [0.15, 0.2) is 17.4 Å². The lowest BCUT2D eigenvalue weighted by molar-refractivity contribution is 0.0790.